The highest BCUT2D eigenvalue weighted by molar-refractivity contribution is 5.73. The van der Waals surface area contributed by atoms with Gasteiger partial charge in [-0.1, -0.05) is 27.2 Å². The van der Waals surface area contributed by atoms with E-state index < -0.39 is 12.0 Å². The zero-order valence-corrected chi connectivity index (χ0v) is 11.7. The summed E-state index contributed by atoms with van der Waals surface area (Å²) in [7, 11) is 0. The minimum absolute atomic E-state index is 0.181. The molecule has 1 fully saturated rings. The number of hydrogen-bond donors (Lipinski definition) is 1. The highest BCUT2D eigenvalue weighted by atomic mass is 16.4. The van der Waals surface area contributed by atoms with Gasteiger partial charge in [-0.25, -0.2) is 0 Å². The topological polar surface area (TPSA) is 79.5 Å². The van der Waals surface area contributed by atoms with Crippen LogP contribution >= 0.6 is 0 Å². The summed E-state index contributed by atoms with van der Waals surface area (Å²) in [6, 6.07) is -0.432. The van der Waals surface area contributed by atoms with Crippen molar-refractivity contribution < 1.29 is 14.3 Å². The van der Waals surface area contributed by atoms with Crippen LogP contribution in [0, 0.1) is 0 Å². The zero-order valence-electron chi connectivity index (χ0n) is 11.7. The molecule has 1 aromatic rings. The van der Waals surface area contributed by atoms with Gasteiger partial charge < -0.3 is 9.52 Å². The Morgan fingerprint density at radius 1 is 1.42 bits per heavy atom. The first-order valence-corrected chi connectivity index (χ1v) is 6.67. The fourth-order valence-electron chi connectivity index (χ4n) is 2.25. The smallest absolute Gasteiger partial charge is 0.320 e. The summed E-state index contributed by atoms with van der Waals surface area (Å²) in [6.45, 7) is 7.20. The first kappa shape index (κ1) is 14.0. The number of likely N-dealkylation sites (tertiary alicyclic amines) is 1. The van der Waals surface area contributed by atoms with Gasteiger partial charge in [0, 0.05) is 5.41 Å². The van der Waals surface area contributed by atoms with Gasteiger partial charge in [-0.15, -0.1) is 10.2 Å². The van der Waals surface area contributed by atoms with Gasteiger partial charge in [0.25, 0.3) is 0 Å². The number of aliphatic carboxylic acids is 1. The Hall–Kier alpha value is -1.43. The molecule has 0 aromatic carbocycles. The predicted molar refractivity (Wildman–Crippen MR) is 68.7 cm³/mol. The molecule has 6 heteroatoms. The van der Waals surface area contributed by atoms with Crippen molar-refractivity contribution >= 4 is 5.97 Å². The second-order valence-corrected chi connectivity index (χ2v) is 6.07. The van der Waals surface area contributed by atoms with Crippen molar-refractivity contribution in [3.63, 3.8) is 0 Å². The van der Waals surface area contributed by atoms with Crippen molar-refractivity contribution in [3.05, 3.63) is 11.8 Å². The third-order valence-electron chi connectivity index (χ3n) is 3.35. The van der Waals surface area contributed by atoms with Crippen LogP contribution in [0.3, 0.4) is 0 Å². The van der Waals surface area contributed by atoms with Gasteiger partial charge in [0.15, 0.2) is 0 Å². The molecule has 1 aromatic heterocycles. The summed E-state index contributed by atoms with van der Waals surface area (Å²) in [5.74, 6) is 0.319. The Balaban J connectivity index is 2.07. The van der Waals surface area contributed by atoms with E-state index in [-0.39, 0.29) is 5.41 Å². The van der Waals surface area contributed by atoms with Gasteiger partial charge in [-0.2, -0.15) is 0 Å². The summed E-state index contributed by atoms with van der Waals surface area (Å²) in [4.78, 5) is 13.1. The Bertz CT molecular complexity index is 450. The monoisotopic (exact) mass is 267 g/mol. The third kappa shape index (κ3) is 3.32. The molecule has 1 saturated heterocycles. The molecule has 6 nitrogen and oxygen atoms in total. The van der Waals surface area contributed by atoms with E-state index in [9.17, 15) is 9.90 Å². The fourth-order valence-corrected chi connectivity index (χ4v) is 2.25. The second-order valence-electron chi connectivity index (χ2n) is 6.07. The average molecular weight is 267 g/mol. The van der Waals surface area contributed by atoms with Crippen molar-refractivity contribution in [2.24, 2.45) is 0 Å². The van der Waals surface area contributed by atoms with Crippen molar-refractivity contribution in [1.29, 1.82) is 0 Å². The van der Waals surface area contributed by atoms with Crippen LogP contribution in [0.1, 0.15) is 51.8 Å². The second kappa shape index (κ2) is 5.28. The average Bonchev–Trinajstić information content (AvgIpc) is 2.77. The van der Waals surface area contributed by atoms with Gasteiger partial charge >= 0.3 is 5.97 Å². The predicted octanol–water partition coefficient (Wildman–Crippen LogP) is 1.81. The first-order chi connectivity index (χ1) is 8.88. The summed E-state index contributed by atoms with van der Waals surface area (Å²) in [6.07, 6.45) is 2.67. The van der Waals surface area contributed by atoms with Crippen LogP contribution in [-0.4, -0.2) is 38.8 Å². The Morgan fingerprint density at radius 3 is 2.74 bits per heavy atom. The molecule has 0 bridgehead atoms. The van der Waals surface area contributed by atoms with Gasteiger partial charge in [-0.3, -0.25) is 9.69 Å². The lowest BCUT2D eigenvalue weighted by molar-refractivity contribution is -0.145. The first-order valence-electron chi connectivity index (χ1n) is 6.67. The van der Waals surface area contributed by atoms with E-state index in [4.69, 9.17) is 4.42 Å². The lowest BCUT2D eigenvalue weighted by Gasteiger charge is -2.31. The normalized spacial score (nSPS) is 21.5. The molecule has 19 heavy (non-hydrogen) atoms. The van der Waals surface area contributed by atoms with Gasteiger partial charge in [-0.05, 0) is 19.4 Å². The van der Waals surface area contributed by atoms with Gasteiger partial charge in [0.05, 0.1) is 6.54 Å². The molecule has 106 valence electrons. The van der Waals surface area contributed by atoms with E-state index in [2.05, 4.69) is 10.2 Å². The molecule has 0 spiro atoms. The van der Waals surface area contributed by atoms with Crippen LogP contribution in [-0.2, 0) is 16.8 Å². The lowest BCUT2D eigenvalue weighted by Crippen LogP contribution is -2.44. The highest BCUT2D eigenvalue weighted by Crippen LogP contribution is 2.23. The molecule has 0 radical (unpaired) electrons. The molecule has 1 aliphatic heterocycles. The Morgan fingerprint density at radius 2 is 2.16 bits per heavy atom. The summed E-state index contributed by atoms with van der Waals surface area (Å²) in [5, 5.41) is 17.3. The van der Waals surface area contributed by atoms with Crippen LogP contribution in [0.5, 0.6) is 0 Å². The van der Waals surface area contributed by atoms with Crippen LogP contribution in [0.15, 0.2) is 4.42 Å². The Kier molecular flexibility index (Phi) is 3.89. The number of rotatable bonds is 3. The molecule has 2 rings (SSSR count). The van der Waals surface area contributed by atoms with Crippen LogP contribution in [0.4, 0.5) is 0 Å². The van der Waals surface area contributed by atoms with Crippen molar-refractivity contribution in [2.45, 2.75) is 58.0 Å². The number of aromatic nitrogens is 2. The summed E-state index contributed by atoms with van der Waals surface area (Å²) >= 11 is 0. The number of piperidine rings is 1. The molecule has 0 amide bonds. The quantitative estimate of drug-likeness (QED) is 0.899. The number of carboxylic acids is 1. The molecule has 1 aliphatic rings. The lowest BCUT2D eigenvalue weighted by atomic mass is 9.97. The van der Waals surface area contributed by atoms with Crippen molar-refractivity contribution in [2.75, 3.05) is 6.54 Å². The summed E-state index contributed by atoms with van der Waals surface area (Å²) < 4.78 is 5.62. The fraction of sp³-hybridized carbons (Fsp3) is 0.769. The minimum Gasteiger partial charge on any atom is -0.480 e. The molecule has 1 atom stereocenters. The molecule has 1 N–H and O–H groups in total. The number of nitrogens with zero attached hydrogens (tertiary/aromatic N) is 3. The van der Waals surface area contributed by atoms with E-state index >= 15 is 0 Å². The molecule has 0 aliphatic carbocycles. The van der Waals surface area contributed by atoms with E-state index in [0.717, 1.165) is 19.4 Å². The Labute approximate surface area is 112 Å². The molecule has 0 saturated carbocycles. The van der Waals surface area contributed by atoms with E-state index in [1.54, 1.807) is 0 Å². The van der Waals surface area contributed by atoms with Crippen molar-refractivity contribution in [3.8, 4) is 0 Å². The molecule has 1 unspecified atom stereocenters. The maximum absolute atomic E-state index is 11.2. The van der Waals surface area contributed by atoms with Crippen LogP contribution < -0.4 is 0 Å². The van der Waals surface area contributed by atoms with Gasteiger partial charge in [0.1, 0.15) is 6.04 Å². The van der Waals surface area contributed by atoms with E-state index in [1.807, 2.05) is 25.7 Å². The minimum atomic E-state index is -0.768. The molecular weight excluding hydrogens is 246 g/mol. The number of hydrogen-bond acceptors (Lipinski definition) is 5. The molecule has 2 heterocycles. The number of carboxylic acid groups (broad SMARTS) is 1. The third-order valence-corrected chi connectivity index (χ3v) is 3.35. The standard InChI is InChI=1S/C13H21N3O3/c1-13(2,3)12-15-14-10(19-12)8-16-7-5-4-6-9(16)11(17)18/h9H,4-8H2,1-3H3,(H,17,18). The maximum atomic E-state index is 11.2. The molecular formula is C13H21N3O3. The largest absolute Gasteiger partial charge is 0.480 e. The maximum Gasteiger partial charge on any atom is 0.320 e. The van der Waals surface area contributed by atoms with Gasteiger partial charge in [0.2, 0.25) is 11.8 Å². The SMILES string of the molecule is CC(C)(C)c1nnc(CN2CCCCC2C(=O)O)o1. The van der Waals surface area contributed by atoms with E-state index in [0.29, 0.717) is 24.7 Å². The summed E-state index contributed by atoms with van der Waals surface area (Å²) in [5.41, 5.74) is -0.181. The van der Waals surface area contributed by atoms with E-state index in [1.165, 1.54) is 0 Å². The highest BCUT2D eigenvalue weighted by Gasteiger charge is 2.30. The van der Waals surface area contributed by atoms with Crippen LogP contribution in [0.2, 0.25) is 0 Å². The van der Waals surface area contributed by atoms with Crippen molar-refractivity contribution in [1.82, 2.24) is 15.1 Å². The zero-order chi connectivity index (χ0) is 14.0. The number of carbonyl (C=O) groups is 1. The van der Waals surface area contributed by atoms with Crippen LogP contribution in [0.25, 0.3) is 0 Å².